The summed E-state index contributed by atoms with van der Waals surface area (Å²) in [5.74, 6) is -1.20. The van der Waals surface area contributed by atoms with Crippen LogP contribution in [0, 0.1) is 11.6 Å². The Morgan fingerprint density at radius 3 is 2.12 bits per heavy atom. The van der Waals surface area contributed by atoms with Crippen LogP contribution in [0.1, 0.15) is 51.4 Å². The summed E-state index contributed by atoms with van der Waals surface area (Å²) in [5, 5.41) is 0.515. The number of aromatic amines is 1. The summed E-state index contributed by atoms with van der Waals surface area (Å²) in [5.41, 5.74) is 11.4. The predicted octanol–water partition coefficient (Wildman–Crippen LogP) is 4.38. The summed E-state index contributed by atoms with van der Waals surface area (Å²) < 4.78 is 26.1. The van der Waals surface area contributed by atoms with Crippen LogP contribution in [-0.2, 0) is 0 Å². The zero-order chi connectivity index (χ0) is 22.9. The number of carbonyl (C=O) groups is 1. The summed E-state index contributed by atoms with van der Waals surface area (Å²) in [6.07, 6.45) is 14.9. The van der Waals surface area contributed by atoms with Crippen LogP contribution in [0.25, 0.3) is 22.4 Å². The summed E-state index contributed by atoms with van der Waals surface area (Å²) in [7, 11) is 0. The zero-order valence-corrected chi connectivity index (χ0v) is 18.0. The lowest BCUT2D eigenvalue weighted by molar-refractivity contribution is 0.218. The van der Waals surface area contributed by atoms with Crippen molar-refractivity contribution < 1.29 is 13.6 Å². The second-order valence-corrected chi connectivity index (χ2v) is 7.83. The van der Waals surface area contributed by atoms with Crippen molar-refractivity contribution in [2.24, 2.45) is 5.73 Å². The number of carbonyl (C=O) groups excluding carboxylic acids is 1. The number of nitrogens with zero attached hydrogens (tertiary/aromatic N) is 4. The predicted molar refractivity (Wildman–Crippen MR) is 120 cm³/mol. The maximum Gasteiger partial charge on any atom is 0.314 e. The highest BCUT2D eigenvalue weighted by Gasteiger charge is 2.14. The van der Waals surface area contributed by atoms with Gasteiger partial charge in [-0.1, -0.05) is 38.5 Å². The number of pyridine rings is 1. The molecule has 2 aliphatic rings. The molecule has 0 unspecified atom stereocenters. The molecule has 1 saturated carbocycles. The molecule has 10 heteroatoms. The average molecular weight is 446 g/mol. The fraction of sp³-hybridized carbons (Fsp3) is 0.455. The van der Waals surface area contributed by atoms with Gasteiger partial charge in [-0.2, -0.15) is 0 Å². The number of H-pyrrole nitrogens is 1. The second-order valence-electron chi connectivity index (χ2n) is 7.83. The van der Waals surface area contributed by atoms with Crippen LogP contribution in [0.3, 0.4) is 0 Å². The molecule has 5 N–H and O–H groups in total. The minimum atomic E-state index is -0.692. The van der Waals surface area contributed by atoms with Crippen LogP contribution in [0.15, 0.2) is 24.7 Å². The van der Waals surface area contributed by atoms with Gasteiger partial charge in [0.05, 0.1) is 12.4 Å². The van der Waals surface area contributed by atoms with Crippen LogP contribution in [0.4, 0.5) is 19.4 Å². The SMILES string of the molecule is C1CCCCC1.NC(=O)N1CCCC1.Nc1nc(-c2c[nH]c3ncc(F)cc23)ncc1F. The average Bonchev–Trinajstić information content (AvgIpc) is 3.48. The van der Waals surface area contributed by atoms with E-state index < -0.39 is 11.6 Å². The Morgan fingerprint density at radius 1 is 0.969 bits per heavy atom. The van der Waals surface area contributed by atoms with E-state index >= 15 is 0 Å². The normalized spacial score (nSPS) is 15.5. The summed E-state index contributed by atoms with van der Waals surface area (Å²) >= 11 is 0. The number of hydrogen-bond donors (Lipinski definition) is 3. The molecule has 172 valence electrons. The molecule has 3 aromatic heterocycles. The van der Waals surface area contributed by atoms with Crippen molar-refractivity contribution in [2.75, 3.05) is 18.8 Å². The number of nitrogens with two attached hydrogens (primary N) is 2. The van der Waals surface area contributed by atoms with Gasteiger partial charge < -0.3 is 21.4 Å². The summed E-state index contributed by atoms with van der Waals surface area (Å²) in [6, 6.07) is 1.03. The van der Waals surface area contributed by atoms with Crippen molar-refractivity contribution in [3.8, 4) is 11.4 Å². The Bertz CT molecular complexity index is 1020. The monoisotopic (exact) mass is 445 g/mol. The molecule has 0 atom stereocenters. The fourth-order valence-electron chi connectivity index (χ4n) is 3.67. The first-order valence-corrected chi connectivity index (χ1v) is 10.9. The number of nitrogens with one attached hydrogen (secondary N) is 1. The summed E-state index contributed by atoms with van der Waals surface area (Å²) in [4.78, 5) is 26.4. The van der Waals surface area contributed by atoms with Gasteiger partial charge in [-0.15, -0.1) is 0 Å². The van der Waals surface area contributed by atoms with Crippen LogP contribution >= 0.6 is 0 Å². The van der Waals surface area contributed by atoms with Crippen molar-refractivity contribution in [1.82, 2.24) is 24.8 Å². The van der Waals surface area contributed by atoms with Crippen LogP contribution in [0.2, 0.25) is 0 Å². The fourth-order valence-corrected chi connectivity index (χ4v) is 3.67. The highest BCUT2D eigenvalue weighted by atomic mass is 19.1. The Hall–Kier alpha value is -3.30. The molecule has 2 amide bonds. The maximum atomic E-state index is 13.2. The largest absolute Gasteiger partial charge is 0.381 e. The molecule has 0 aromatic carbocycles. The van der Waals surface area contributed by atoms with Gasteiger partial charge in [0.15, 0.2) is 17.5 Å². The van der Waals surface area contributed by atoms with E-state index in [1.807, 2.05) is 0 Å². The molecule has 1 aliphatic carbocycles. The van der Waals surface area contributed by atoms with Gasteiger partial charge in [0.1, 0.15) is 11.5 Å². The van der Waals surface area contributed by atoms with Crippen molar-refractivity contribution in [2.45, 2.75) is 51.4 Å². The third-order valence-electron chi connectivity index (χ3n) is 5.43. The van der Waals surface area contributed by atoms with Crippen molar-refractivity contribution >= 4 is 22.9 Å². The van der Waals surface area contributed by atoms with Gasteiger partial charge in [0, 0.05) is 30.2 Å². The molecule has 0 bridgehead atoms. The van der Waals surface area contributed by atoms with Gasteiger partial charge >= 0.3 is 6.03 Å². The smallest absolute Gasteiger partial charge is 0.314 e. The van der Waals surface area contributed by atoms with E-state index in [0.29, 0.717) is 16.6 Å². The van der Waals surface area contributed by atoms with Gasteiger partial charge in [0.2, 0.25) is 0 Å². The van der Waals surface area contributed by atoms with Gasteiger partial charge in [-0.3, -0.25) is 0 Å². The maximum absolute atomic E-state index is 13.2. The molecular formula is C22H29F2N7O. The first kappa shape index (κ1) is 23.4. The van der Waals surface area contributed by atoms with E-state index in [0.717, 1.165) is 38.3 Å². The lowest BCUT2D eigenvalue weighted by atomic mass is 10.0. The van der Waals surface area contributed by atoms with Crippen LogP contribution in [0.5, 0.6) is 0 Å². The number of primary amides is 1. The highest BCUT2D eigenvalue weighted by molar-refractivity contribution is 5.91. The van der Waals surface area contributed by atoms with Crippen molar-refractivity contribution in [3.63, 3.8) is 0 Å². The van der Waals surface area contributed by atoms with Gasteiger partial charge in [-0.05, 0) is 18.9 Å². The number of hydrogen-bond acceptors (Lipinski definition) is 5. The van der Waals surface area contributed by atoms with Gasteiger partial charge in [-0.25, -0.2) is 28.5 Å². The Kier molecular flexibility index (Phi) is 8.29. The van der Waals surface area contributed by atoms with E-state index in [1.165, 1.54) is 44.6 Å². The molecule has 0 spiro atoms. The summed E-state index contributed by atoms with van der Waals surface area (Å²) in [6.45, 7) is 1.71. The lowest BCUT2D eigenvalue weighted by Crippen LogP contribution is -2.32. The standard InChI is InChI=1S/C11H7F2N5.C6H12.C5H10N2O/c12-5-1-6-7(3-16-10(6)15-2-5)11-17-4-8(13)9(14)18-11;1-2-4-6-5-3-1;6-5(8)7-3-1-2-4-7/h1-4H,(H,15,16)(H2,14,17,18);1-6H2;1-4H2,(H2,6,8). The molecule has 1 aliphatic heterocycles. The highest BCUT2D eigenvalue weighted by Crippen LogP contribution is 2.26. The second kappa shape index (κ2) is 11.4. The number of urea groups is 1. The molecule has 5 rings (SSSR count). The first-order valence-electron chi connectivity index (χ1n) is 10.9. The number of rotatable bonds is 1. The molecule has 3 aromatic rings. The van der Waals surface area contributed by atoms with E-state index in [-0.39, 0.29) is 17.7 Å². The minimum Gasteiger partial charge on any atom is -0.381 e. The van der Waals surface area contributed by atoms with E-state index in [1.54, 1.807) is 11.1 Å². The van der Waals surface area contributed by atoms with E-state index in [4.69, 9.17) is 11.5 Å². The minimum absolute atomic E-state index is 0.215. The Balaban J connectivity index is 0.000000169. The topological polar surface area (TPSA) is 127 Å². The Morgan fingerprint density at radius 2 is 1.59 bits per heavy atom. The van der Waals surface area contributed by atoms with Crippen LogP contribution < -0.4 is 11.5 Å². The number of halogens is 2. The molecule has 2 fully saturated rings. The molecule has 8 nitrogen and oxygen atoms in total. The molecule has 32 heavy (non-hydrogen) atoms. The first-order chi connectivity index (χ1) is 15.5. The number of nitrogen functional groups attached to an aromatic ring is 1. The third-order valence-corrected chi connectivity index (χ3v) is 5.43. The number of aromatic nitrogens is 4. The number of fused-ring (bicyclic) bond motifs is 1. The zero-order valence-electron chi connectivity index (χ0n) is 18.0. The van der Waals surface area contributed by atoms with Gasteiger partial charge in [0.25, 0.3) is 0 Å². The van der Waals surface area contributed by atoms with Crippen LogP contribution in [-0.4, -0.2) is 44.0 Å². The van der Waals surface area contributed by atoms with Crippen molar-refractivity contribution in [1.29, 1.82) is 0 Å². The third kappa shape index (κ3) is 6.35. The van der Waals surface area contributed by atoms with Crippen molar-refractivity contribution in [3.05, 3.63) is 36.3 Å². The number of likely N-dealkylation sites (tertiary alicyclic amines) is 1. The molecular weight excluding hydrogens is 416 g/mol. The number of anilines is 1. The molecule has 4 heterocycles. The molecule has 0 radical (unpaired) electrons. The quantitative estimate of drug-likeness (QED) is 0.512. The molecule has 1 saturated heterocycles. The van der Waals surface area contributed by atoms with E-state index in [9.17, 15) is 13.6 Å². The number of amides is 2. The lowest BCUT2D eigenvalue weighted by Gasteiger charge is -2.09. The Labute approximate surface area is 185 Å². The van der Waals surface area contributed by atoms with E-state index in [2.05, 4.69) is 19.9 Å².